The van der Waals surface area contributed by atoms with Gasteiger partial charge in [-0.05, 0) is 61.4 Å². The van der Waals surface area contributed by atoms with Gasteiger partial charge >= 0.3 is 0 Å². The smallest absolute Gasteiger partial charge is 0.121 e. The van der Waals surface area contributed by atoms with Gasteiger partial charge in [0.1, 0.15) is 6.29 Å². The van der Waals surface area contributed by atoms with E-state index in [2.05, 4.69) is 17.0 Å². The highest BCUT2D eigenvalue weighted by molar-refractivity contribution is 5.49. The van der Waals surface area contributed by atoms with Gasteiger partial charge in [-0.3, -0.25) is 4.90 Å². The van der Waals surface area contributed by atoms with E-state index in [4.69, 9.17) is 5.73 Å². The van der Waals surface area contributed by atoms with Crippen LogP contribution >= 0.6 is 0 Å². The van der Waals surface area contributed by atoms with E-state index in [9.17, 15) is 4.79 Å². The molecule has 2 N–H and O–H groups in total. The minimum absolute atomic E-state index is 0.629. The van der Waals surface area contributed by atoms with Gasteiger partial charge in [0.05, 0.1) is 0 Å². The molecule has 102 valence electrons. The fourth-order valence-electron chi connectivity index (χ4n) is 3.79. The van der Waals surface area contributed by atoms with Gasteiger partial charge in [-0.1, -0.05) is 6.07 Å². The van der Waals surface area contributed by atoms with Crippen LogP contribution in [0, 0.1) is 5.92 Å². The molecule has 0 bridgehead atoms. The second kappa shape index (κ2) is 5.33. The third-order valence-electron chi connectivity index (χ3n) is 4.71. The van der Waals surface area contributed by atoms with Crippen molar-refractivity contribution >= 4 is 12.0 Å². The number of rotatable bonds is 3. The molecule has 1 aromatic rings. The van der Waals surface area contributed by atoms with Crippen molar-refractivity contribution in [3.63, 3.8) is 0 Å². The summed E-state index contributed by atoms with van der Waals surface area (Å²) in [6, 6.07) is 6.98. The lowest BCUT2D eigenvalue weighted by Gasteiger charge is -2.44. The summed E-state index contributed by atoms with van der Waals surface area (Å²) in [6.45, 7) is 2.08. The normalized spacial score (nSPS) is 26.5. The van der Waals surface area contributed by atoms with Crippen LogP contribution in [-0.2, 0) is 17.6 Å². The second-order valence-electron chi connectivity index (χ2n) is 5.90. The van der Waals surface area contributed by atoms with Crippen LogP contribution in [0.1, 0.15) is 30.4 Å². The molecule has 0 amide bonds. The van der Waals surface area contributed by atoms with Crippen molar-refractivity contribution in [3.8, 4) is 0 Å². The molecule has 1 aliphatic heterocycles. The number of carbonyl (C=O) groups is 1. The maximum Gasteiger partial charge on any atom is 0.121 e. The van der Waals surface area contributed by atoms with E-state index in [1.54, 1.807) is 0 Å². The van der Waals surface area contributed by atoms with Crippen molar-refractivity contribution in [3.05, 3.63) is 29.3 Å². The van der Waals surface area contributed by atoms with Crippen LogP contribution in [0.3, 0.4) is 0 Å². The maximum atomic E-state index is 10.6. The molecule has 1 aliphatic carbocycles. The van der Waals surface area contributed by atoms with Gasteiger partial charge in [0, 0.05) is 24.7 Å². The first-order valence-electron chi connectivity index (χ1n) is 7.33. The largest absolute Gasteiger partial charge is 0.399 e. The molecule has 0 spiro atoms. The number of carbonyl (C=O) groups excluding carboxylic acids is 1. The first-order chi connectivity index (χ1) is 9.28. The molecule has 3 heteroatoms. The number of piperidine rings is 1. The summed E-state index contributed by atoms with van der Waals surface area (Å²) in [4.78, 5) is 13.1. The molecule has 1 saturated heterocycles. The average Bonchev–Trinajstić information content (AvgIpc) is 2.42. The van der Waals surface area contributed by atoms with E-state index in [1.165, 1.54) is 24.0 Å². The Hall–Kier alpha value is -1.35. The summed E-state index contributed by atoms with van der Waals surface area (Å²) in [5.41, 5.74) is 9.67. The SMILES string of the molecule is Nc1ccc2c(c1)CC1CCCN(CCC=O)C1C2. The third kappa shape index (κ3) is 2.52. The molecule has 0 aromatic heterocycles. The lowest BCUT2D eigenvalue weighted by Crippen LogP contribution is -2.49. The van der Waals surface area contributed by atoms with Crippen LogP contribution < -0.4 is 5.73 Å². The molecule has 1 aromatic carbocycles. The Labute approximate surface area is 114 Å². The summed E-state index contributed by atoms with van der Waals surface area (Å²) in [7, 11) is 0. The van der Waals surface area contributed by atoms with Crippen molar-refractivity contribution in [1.82, 2.24) is 4.90 Å². The Morgan fingerprint density at radius 3 is 3.05 bits per heavy atom. The summed E-state index contributed by atoms with van der Waals surface area (Å²) in [5, 5.41) is 0. The van der Waals surface area contributed by atoms with Gasteiger partial charge in [-0.15, -0.1) is 0 Å². The molecule has 2 unspecified atom stereocenters. The Kier molecular flexibility index (Phi) is 3.56. The number of benzene rings is 1. The van der Waals surface area contributed by atoms with Crippen LogP contribution in [0.4, 0.5) is 5.69 Å². The molecular formula is C16H22N2O. The quantitative estimate of drug-likeness (QED) is 0.666. The van der Waals surface area contributed by atoms with Gasteiger partial charge in [0.15, 0.2) is 0 Å². The molecule has 1 fully saturated rings. The van der Waals surface area contributed by atoms with Gasteiger partial charge in [-0.25, -0.2) is 0 Å². The van der Waals surface area contributed by atoms with E-state index in [1.807, 2.05) is 6.07 Å². The fourth-order valence-corrected chi connectivity index (χ4v) is 3.79. The highest BCUT2D eigenvalue weighted by atomic mass is 16.1. The van der Waals surface area contributed by atoms with Crippen LogP contribution in [0.5, 0.6) is 0 Å². The van der Waals surface area contributed by atoms with Crippen LogP contribution in [0.2, 0.25) is 0 Å². The van der Waals surface area contributed by atoms with Crippen molar-refractivity contribution in [2.75, 3.05) is 18.8 Å². The molecule has 19 heavy (non-hydrogen) atoms. The van der Waals surface area contributed by atoms with Crippen molar-refractivity contribution in [2.45, 2.75) is 38.1 Å². The van der Waals surface area contributed by atoms with E-state index in [0.717, 1.165) is 43.8 Å². The standard InChI is InChI=1S/C16H22N2O/c17-15-5-4-12-11-16-13(9-14(12)10-15)3-1-6-18(16)7-2-8-19/h4-5,8,10,13,16H,1-3,6-7,9,11,17H2. The fraction of sp³-hybridized carbons (Fsp3) is 0.562. The first kappa shape index (κ1) is 12.7. The maximum absolute atomic E-state index is 10.6. The number of anilines is 1. The summed E-state index contributed by atoms with van der Waals surface area (Å²) in [6.07, 6.45) is 6.56. The van der Waals surface area contributed by atoms with Crippen molar-refractivity contribution in [1.29, 1.82) is 0 Å². The minimum atomic E-state index is 0.629. The van der Waals surface area contributed by atoms with Crippen LogP contribution in [0.15, 0.2) is 18.2 Å². The zero-order valence-electron chi connectivity index (χ0n) is 11.3. The summed E-state index contributed by atoms with van der Waals surface area (Å²) < 4.78 is 0. The molecule has 2 aliphatic rings. The molecule has 0 radical (unpaired) electrons. The van der Waals surface area contributed by atoms with Crippen molar-refractivity contribution in [2.24, 2.45) is 5.92 Å². The number of fused-ring (bicyclic) bond motifs is 2. The van der Waals surface area contributed by atoms with Gasteiger partial charge < -0.3 is 10.5 Å². The highest BCUT2D eigenvalue weighted by Gasteiger charge is 2.34. The predicted molar refractivity (Wildman–Crippen MR) is 77.0 cm³/mol. The summed E-state index contributed by atoms with van der Waals surface area (Å²) >= 11 is 0. The number of nitrogens with two attached hydrogens (primary N) is 1. The predicted octanol–water partition coefficient (Wildman–Crippen LogP) is 2.04. The lowest BCUT2D eigenvalue weighted by atomic mass is 9.75. The number of nitrogen functional groups attached to an aromatic ring is 1. The number of nitrogens with zero attached hydrogens (tertiary/aromatic N) is 1. The zero-order chi connectivity index (χ0) is 13.2. The first-order valence-corrected chi connectivity index (χ1v) is 7.33. The minimum Gasteiger partial charge on any atom is -0.399 e. The Bertz CT molecular complexity index is 472. The Morgan fingerprint density at radius 1 is 1.32 bits per heavy atom. The number of aldehydes is 1. The van der Waals surface area contributed by atoms with Gasteiger partial charge in [-0.2, -0.15) is 0 Å². The molecule has 3 nitrogen and oxygen atoms in total. The van der Waals surface area contributed by atoms with Gasteiger partial charge in [0.25, 0.3) is 0 Å². The second-order valence-corrected chi connectivity index (χ2v) is 5.90. The third-order valence-corrected chi connectivity index (χ3v) is 4.71. The van der Waals surface area contributed by atoms with Crippen LogP contribution in [0.25, 0.3) is 0 Å². The van der Waals surface area contributed by atoms with Crippen molar-refractivity contribution < 1.29 is 4.79 Å². The average molecular weight is 258 g/mol. The van der Waals surface area contributed by atoms with Gasteiger partial charge in [0.2, 0.25) is 0 Å². The molecule has 3 rings (SSSR count). The lowest BCUT2D eigenvalue weighted by molar-refractivity contribution is -0.108. The van der Waals surface area contributed by atoms with E-state index >= 15 is 0 Å². The highest BCUT2D eigenvalue weighted by Crippen LogP contribution is 2.35. The topological polar surface area (TPSA) is 46.3 Å². The monoisotopic (exact) mass is 258 g/mol. The number of hydrogen-bond donors (Lipinski definition) is 1. The van der Waals surface area contributed by atoms with E-state index in [0.29, 0.717) is 12.5 Å². The number of hydrogen-bond acceptors (Lipinski definition) is 3. The molecular weight excluding hydrogens is 236 g/mol. The summed E-state index contributed by atoms with van der Waals surface area (Å²) in [5.74, 6) is 0.745. The molecule has 1 heterocycles. The molecule has 0 saturated carbocycles. The Balaban J connectivity index is 1.81. The van der Waals surface area contributed by atoms with Crippen LogP contribution in [-0.4, -0.2) is 30.3 Å². The molecule has 2 atom stereocenters. The van der Waals surface area contributed by atoms with E-state index in [-0.39, 0.29) is 0 Å². The van der Waals surface area contributed by atoms with E-state index < -0.39 is 0 Å². The zero-order valence-corrected chi connectivity index (χ0v) is 11.3. The number of likely N-dealkylation sites (tertiary alicyclic amines) is 1. The Morgan fingerprint density at radius 2 is 2.21 bits per heavy atom.